The van der Waals surface area contributed by atoms with Gasteiger partial charge in [0.15, 0.2) is 0 Å². The number of rotatable bonds is 5. The number of benzene rings is 2. The van der Waals surface area contributed by atoms with Crippen molar-refractivity contribution in [2.45, 2.75) is 50.0 Å². The number of anilines is 1. The summed E-state index contributed by atoms with van der Waals surface area (Å²) in [7, 11) is 0. The van der Waals surface area contributed by atoms with Crippen molar-refractivity contribution in [3.05, 3.63) is 65.2 Å². The summed E-state index contributed by atoms with van der Waals surface area (Å²) in [6.45, 7) is 4.93. The quantitative estimate of drug-likeness (QED) is 0.860. The van der Waals surface area contributed by atoms with Crippen LogP contribution in [0.25, 0.3) is 0 Å². The van der Waals surface area contributed by atoms with Crippen LogP contribution in [-0.2, 0) is 18.3 Å². The number of aliphatic hydroxyl groups is 1. The van der Waals surface area contributed by atoms with E-state index in [0.717, 1.165) is 13.0 Å². The Morgan fingerprint density at radius 2 is 1.64 bits per heavy atom. The molecule has 3 nitrogen and oxygen atoms in total. The van der Waals surface area contributed by atoms with Crippen molar-refractivity contribution in [1.29, 1.82) is 0 Å². The lowest BCUT2D eigenvalue weighted by atomic mass is 9.74. The van der Waals surface area contributed by atoms with E-state index in [2.05, 4.69) is 58.3 Å². The van der Waals surface area contributed by atoms with Crippen molar-refractivity contribution >= 4 is 5.69 Å². The van der Waals surface area contributed by atoms with Crippen LogP contribution in [0.1, 0.15) is 42.4 Å². The fraction of sp³-hybridized carbons (Fsp3) is 0.520. The molecule has 1 fully saturated rings. The number of aliphatic hydroxyl groups excluding tert-OH is 1. The lowest BCUT2D eigenvalue weighted by Gasteiger charge is -2.40. The highest BCUT2D eigenvalue weighted by atomic mass is 16.3. The predicted molar refractivity (Wildman–Crippen MR) is 115 cm³/mol. The largest absolute Gasteiger partial charge is 0.394 e. The van der Waals surface area contributed by atoms with Crippen LogP contribution in [0.5, 0.6) is 0 Å². The lowest BCUT2D eigenvalue weighted by molar-refractivity contribution is 0.157. The first-order chi connectivity index (χ1) is 13.8. The molecule has 0 radical (unpaired) electrons. The molecule has 1 saturated heterocycles. The minimum Gasteiger partial charge on any atom is -0.394 e. The maximum Gasteiger partial charge on any atom is 0.0638 e. The van der Waals surface area contributed by atoms with Crippen molar-refractivity contribution in [3.63, 3.8) is 0 Å². The molecule has 1 N–H and O–H groups in total. The van der Waals surface area contributed by atoms with Crippen LogP contribution in [0.2, 0.25) is 0 Å². The SMILES string of the molecule is OCC1Cc2ccccc2N1CCCN1CCC2(CCc3ccccc32)CC1. The minimum atomic E-state index is 0.250. The van der Waals surface area contributed by atoms with Gasteiger partial charge >= 0.3 is 0 Å². The van der Waals surface area contributed by atoms with Crippen molar-refractivity contribution in [2.75, 3.05) is 37.7 Å². The molecule has 5 rings (SSSR count). The van der Waals surface area contributed by atoms with Gasteiger partial charge in [-0.15, -0.1) is 0 Å². The molecule has 148 valence electrons. The molecule has 0 amide bonds. The number of hydrogen-bond donors (Lipinski definition) is 1. The number of piperidine rings is 1. The number of fused-ring (bicyclic) bond motifs is 3. The second-order valence-corrected chi connectivity index (χ2v) is 9.00. The average molecular weight is 377 g/mol. The minimum absolute atomic E-state index is 0.250. The zero-order valence-corrected chi connectivity index (χ0v) is 16.8. The summed E-state index contributed by atoms with van der Waals surface area (Å²) in [6.07, 6.45) is 7.41. The van der Waals surface area contributed by atoms with Gasteiger partial charge in [0.05, 0.1) is 12.6 Å². The molecule has 2 aliphatic heterocycles. The molecule has 3 heteroatoms. The molecule has 28 heavy (non-hydrogen) atoms. The number of para-hydroxylation sites is 1. The monoisotopic (exact) mass is 376 g/mol. The summed E-state index contributed by atoms with van der Waals surface area (Å²) in [4.78, 5) is 5.11. The third-order valence-corrected chi connectivity index (χ3v) is 7.56. The Hall–Kier alpha value is -1.84. The van der Waals surface area contributed by atoms with Crippen LogP contribution >= 0.6 is 0 Å². The van der Waals surface area contributed by atoms with E-state index in [1.165, 1.54) is 63.0 Å². The normalized spacial score (nSPS) is 23.2. The zero-order valence-electron chi connectivity index (χ0n) is 16.8. The van der Waals surface area contributed by atoms with Gasteiger partial charge in [-0.1, -0.05) is 42.5 Å². The van der Waals surface area contributed by atoms with Gasteiger partial charge in [-0.05, 0) is 86.3 Å². The summed E-state index contributed by atoms with van der Waals surface area (Å²) in [5.41, 5.74) is 6.43. The van der Waals surface area contributed by atoms with Gasteiger partial charge in [-0.3, -0.25) is 0 Å². The second kappa shape index (κ2) is 7.53. The molecule has 2 aromatic rings. The fourth-order valence-corrected chi connectivity index (χ4v) is 5.94. The molecule has 3 aliphatic rings. The third kappa shape index (κ3) is 3.15. The molecule has 2 aromatic carbocycles. The fourth-order valence-electron chi connectivity index (χ4n) is 5.94. The second-order valence-electron chi connectivity index (χ2n) is 9.00. The van der Waals surface area contributed by atoms with Crippen molar-refractivity contribution in [2.24, 2.45) is 0 Å². The van der Waals surface area contributed by atoms with Gasteiger partial charge in [0, 0.05) is 12.2 Å². The highest BCUT2D eigenvalue weighted by molar-refractivity contribution is 5.59. The van der Waals surface area contributed by atoms with Crippen LogP contribution in [0.3, 0.4) is 0 Å². The van der Waals surface area contributed by atoms with E-state index in [-0.39, 0.29) is 12.6 Å². The molecule has 2 heterocycles. The average Bonchev–Trinajstić information content (AvgIpc) is 3.29. The van der Waals surface area contributed by atoms with E-state index >= 15 is 0 Å². The zero-order chi connectivity index (χ0) is 19.0. The maximum atomic E-state index is 9.80. The van der Waals surface area contributed by atoms with Gasteiger partial charge in [0.2, 0.25) is 0 Å². The maximum absolute atomic E-state index is 9.80. The molecule has 1 spiro atoms. The Bertz CT molecular complexity index is 825. The third-order valence-electron chi connectivity index (χ3n) is 7.56. The predicted octanol–water partition coefficient (Wildman–Crippen LogP) is 3.78. The van der Waals surface area contributed by atoms with E-state index in [0.29, 0.717) is 5.41 Å². The first-order valence-corrected chi connectivity index (χ1v) is 11.1. The summed E-state index contributed by atoms with van der Waals surface area (Å²) in [5, 5.41) is 9.80. The van der Waals surface area contributed by atoms with E-state index in [1.54, 1.807) is 11.1 Å². The Kier molecular flexibility index (Phi) is 4.90. The number of hydrogen-bond acceptors (Lipinski definition) is 3. The number of nitrogens with zero attached hydrogens (tertiary/aromatic N) is 2. The summed E-state index contributed by atoms with van der Waals surface area (Å²) in [6, 6.07) is 18.1. The van der Waals surface area contributed by atoms with Crippen LogP contribution in [0.4, 0.5) is 5.69 Å². The highest BCUT2D eigenvalue weighted by Gasteiger charge is 2.40. The van der Waals surface area contributed by atoms with Gasteiger partial charge in [-0.25, -0.2) is 0 Å². The molecular formula is C25H32N2O. The van der Waals surface area contributed by atoms with Gasteiger partial charge in [0.1, 0.15) is 0 Å². The van der Waals surface area contributed by atoms with E-state index in [1.807, 2.05) is 0 Å². The number of aryl methyl sites for hydroxylation is 1. The Balaban J connectivity index is 1.16. The summed E-state index contributed by atoms with van der Waals surface area (Å²) in [5.74, 6) is 0. The van der Waals surface area contributed by atoms with Gasteiger partial charge in [-0.2, -0.15) is 0 Å². The van der Waals surface area contributed by atoms with Crippen molar-refractivity contribution in [3.8, 4) is 0 Å². The number of likely N-dealkylation sites (tertiary alicyclic amines) is 1. The highest BCUT2D eigenvalue weighted by Crippen LogP contribution is 2.46. The van der Waals surface area contributed by atoms with Crippen LogP contribution in [0.15, 0.2) is 48.5 Å². The lowest BCUT2D eigenvalue weighted by Crippen LogP contribution is -2.43. The van der Waals surface area contributed by atoms with Crippen LogP contribution < -0.4 is 4.90 Å². The van der Waals surface area contributed by atoms with Gasteiger partial charge < -0.3 is 14.9 Å². The molecule has 0 bridgehead atoms. The molecule has 0 saturated carbocycles. The standard InChI is InChI=1S/C25H32N2O/c28-19-22-18-21-7-2-4-9-24(21)27(22)15-5-14-26-16-12-25(13-17-26)11-10-20-6-1-3-8-23(20)25/h1-4,6-9,22,28H,5,10-19H2. The first-order valence-electron chi connectivity index (χ1n) is 11.1. The van der Waals surface area contributed by atoms with E-state index < -0.39 is 0 Å². The smallest absolute Gasteiger partial charge is 0.0638 e. The van der Waals surface area contributed by atoms with E-state index in [9.17, 15) is 5.11 Å². The van der Waals surface area contributed by atoms with Crippen LogP contribution in [-0.4, -0.2) is 48.8 Å². The van der Waals surface area contributed by atoms with Crippen LogP contribution in [0, 0.1) is 0 Å². The summed E-state index contributed by atoms with van der Waals surface area (Å²) < 4.78 is 0. The Labute approximate surface area is 169 Å². The molecular weight excluding hydrogens is 344 g/mol. The van der Waals surface area contributed by atoms with Gasteiger partial charge in [0.25, 0.3) is 0 Å². The molecule has 1 aliphatic carbocycles. The Morgan fingerprint density at radius 3 is 2.46 bits per heavy atom. The molecule has 1 atom stereocenters. The Morgan fingerprint density at radius 1 is 0.893 bits per heavy atom. The molecule has 1 unspecified atom stereocenters. The van der Waals surface area contributed by atoms with Crippen molar-refractivity contribution < 1.29 is 5.11 Å². The topological polar surface area (TPSA) is 26.7 Å². The summed E-state index contributed by atoms with van der Waals surface area (Å²) >= 11 is 0. The van der Waals surface area contributed by atoms with E-state index in [4.69, 9.17) is 0 Å². The molecule has 0 aromatic heterocycles. The first kappa shape index (κ1) is 18.2. The van der Waals surface area contributed by atoms with Crippen molar-refractivity contribution in [1.82, 2.24) is 4.90 Å².